The molecule has 180 valence electrons. The number of nitrogens with one attached hydrogen (secondary N) is 2. The first kappa shape index (κ1) is 24.4. The van der Waals surface area contributed by atoms with E-state index in [9.17, 15) is 4.79 Å². The summed E-state index contributed by atoms with van der Waals surface area (Å²) in [5, 5.41) is 16.4. The Balaban J connectivity index is 0.00000259. The van der Waals surface area contributed by atoms with Gasteiger partial charge in [-0.3, -0.25) is 9.78 Å². The van der Waals surface area contributed by atoms with Gasteiger partial charge in [-0.1, -0.05) is 6.07 Å². The van der Waals surface area contributed by atoms with E-state index in [1.807, 2.05) is 18.2 Å². The highest BCUT2D eigenvalue weighted by Crippen LogP contribution is 2.61. The minimum absolute atomic E-state index is 0. The Morgan fingerprint density at radius 2 is 1.70 bits per heavy atom. The van der Waals surface area contributed by atoms with E-state index in [1.54, 1.807) is 0 Å². The minimum atomic E-state index is 0. The fourth-order valence-corrected chi connectivity index (χ4v) is 7.21. The topological polar surface area (TPSA) is 74.2 Å². The monoisotopic (exact) mass is 471 g/mol. The van der Waals surface area contributed by atoms with Crippen LogP contribution in [-0.2, 0) is 11.2 Å². The number of hydrogen-bond acceptors (Lipinski definition) is 4. The third-order valence-electron chi connectivity index (χ3n) is 8.06. The summed E-state index contributed by atoms with van der Waals surface area (Å²) in [6.07, 6.45) is 11.5. The number of pyridine rings is 1. The zero-order valence-electron chi connectivity index (χ0n) is 19.5. The van der Waals surface area contributed by atoms with Gasteiger partial charge in [0.2, 0.25) is 5.91 Å². The lowest BCUT2D eigenvalue weighted by Crippen LogP contribution is -2.47. The van der Waals surface area contributed by atoms with Gasteiger partial charge in [-0.25, -0.2) is 0 Å². The molecular formula is C27H38ClN3O2. The summed E-state index contributed by atoms with van der Waals surface area (Å²) in [6, 6.07) is 10.2. The summed E-state index contributed by atoms with van der Waals surface area (Å²) < 4.78 is 0. The summed E-state index contributed by atoms with van der Waals surface area (Å²) in [6.45, 7) is 2.02. The van der Waals surface area contributed by atoms with Crippen LogP contribution in [0.3, 0.4) is 0 Å². The number of anilines is 1. The predicted molar refractivity (Wildman–Crippen MR) is 136 cm³/mol. The lowest BCUT2D eigenvalue weighted by atomic mass is 9.49. The molecule has 4 fully saturated rings. The lowest BCUT2D eigenvalue weighted by molar-refractivity contribution is -0.124. The number of hydrogen-bond donors (Lipinski definition) is 3. The number of halogens is 1. The molecule has 0 saturated heterocycles. The first-order valence-corrected chi connectivity index (χ1v) is 12.6. The predicted octanol–water partition coefficient (Wildman–Crippen LogP) is 5.11. The molecule has 4 saturated carbocycles. The third kappa shape index (κ3) is 5.70. The highest BCUT2D eigenvalue weighted by molar-refractivity contribution is 6.01. The number of nitrogens with zero attached hydrogens (tertiary/aromatic N) is 1. The number of carbonyl (C=O) groups excluding carboxylic acids is 1. The van der Waals surface area contributed by atoms with Crippen molar-refractivity contribution in [1.29, 1.82) is 0 Å². The summed E-state index contributed by atoms with van der Waals surface area (Å²) >= 11 is 0. The Morgan fingerprint density at radius 1 is 1.00 bits per heavy atom. The van der Waals surface area contributed by atoms with E-state index in [0.717, 1.165) is 72.4 Å². The van der Waals surface area contributed by atoms with Gasteiger partial charge in [0.1, 0.15) is 0 Å². The maximum Gasteiger partial charge on any atom is 0.224 e. The summed E-state index contributed by atoms with van der Waals surface area (Å²) in [7, 11) is 0. The van der Waals surface area contributed by atoms with Gasteiger partial charge >= 0.3 is 0 Å². The van der Waals surface area contributed by atoms with Gasteiger partial charge in [-0.2, -0.15) is 0 Å². The van der Waals surface area contributed by atoms with Crippen LogP contribution in [0.4, 0.5) is 5.69 Å². The lowest BCUT2D eigenvalue weighted by Gasteiger charge is -2.56. The van der Waals surface area contributed by atoms with Crippen molar-refractivity contribution < 1.29 is 9.90 Å². The van der Waals surface area contributed by atoms with Crippen LogP contribution in [0.1, 0.15) is 63.5 Å². The first-order chi connectivity index (χ1) is 15.6. The Labute approximate surface area is 203 Å². The van der Waals surface area contributed by atoms with E-state index < -0.39 is 0 Å². The van der Waals surface area contributed by atoms with Crippen LogP contribution in [-0.4, -0.2) is 35.7 Å². The summed E-state index contributed by atoms with van der Waals surface area (Å²) in [5.74, 6) is 2.80. The first-order valence-electron chi connectivity index (χ1n) is 12.6. The number of aliphatic hydroxyl groups is 1. The molecule has 0 radical (unpaired) electrons. The Morgan fingerprint density at radius 3 is 2.39 bits per heavy atom. The average molecular weight is 472 g/mol. The van der Waals surface area contributed by atoms with Crippen LogP contribution in [0.2, 0.25) is 0 Å². The van der Waals surface area contributed by atoms with Crippen molar-refractivity contribution in [3.8, 4) is 0 Å². The average Bonchev–Trinajstić information content (AvgIpc) is 2.75. The smallest absolute Gasteiger partial charge is 0.224 e. The second-order valence-electron chi connectivity index (χ2n) is 10.7. The molecule has 5 nitrogen and oxygen atoms in total. The van der Waals surface area contributed by atoms with Crippen molar-refractivity contribution in [3.63, 3.8) is 0 Å². The number of amides is 1. The van der Waals surface area contributed by atoms with E-state index in [1.165, 1.54) is 38.5 Å². The van der Waals surface area contributed by atoms with Gasteiger partial charge in [-0.05, 0) is 118 Å². The highest BCUT2D eigenvalue weighted by Gasteiger charge is 2.51. The van der Waals surface area contributed by atoms with Crippen molar-refractivity contribution in [2.75, 3.05) is 25.0 Å². The van der Waals surface area contributed by atoms with Gasteiger partial charge in [0.25, 0.3) is 0 Å². The number of fused-ring (bicyclic) bond motifs is 1. The Hall–Kier alpha value is -1.69. The van der Waals surface area contributed by atoms with Crippen molar-refractivity contribution in [3.05, 3.63) is 36.0 Å². The zero-order chi connectivity index (χ0) is 22.0. The maximum absolute atomic E-state index is 13.1. The molecule has 1 heterocycles. The van der Waals surface area contributed by atoms with Crippen LogP contribution in [0.25, 0.3) is 10.9 Å². The molecule has 6 heteroatoms. The van der Waals surface area contributed by atoms with Crippen LogP contribution < -0.4 is 10.6 Å². The van der Waals surface area contributed by atoms with Crippen molar-refractivity contribution in [1.82, 2.24) is 10.3 Å². The van der Waals surface area contributed by atoms with Crippen molar-refractivity contribution in [2.24, 2.45) is 23.2 Å². The highest BCUT2D eigenvalue weighted by atomic mass is 35.5. The molecule has 0 unspecified atom stereocenters. The van der Waals surface area contributed by atoms with Crippen molar-refractivity contribution in [2.45, 2.75) is 64.2 Å². The number of rotatable bonds is 10. The van der Waals surface area contributed by atoms with Crippen LogP contribution in [0, 0.1) is 23.2 Å². The van der Waals surface area contributed by atoms with Gasteiger partial charge < -0.3 is 15.7 Å². The van der Waals surface area contributed by atoms with Crippen LogP contribution >= 0.6 is 12.4 Å². The molecule has 1 amide bonds. The Kier molecular flexibility index (Phi) is 7.93. The molecule has 2 aromatic rings. The normalized spacial score (nSPS) is 27.5. The molecule has 0 aliphatic heterocycles. The molecule has 4 aliphatic carbocycles. The van der Waals surface area contributed by atoms with Crippen LogP contribution in [0.15, 0.2) is 30.3 Å². The molecule has 1 aromatic heterocycles. The molecule has 0 spiro atoms. The van der Waals surface area contributed by atoms with Crippen molar-refractivity contribution >= 4 is 34.9 Å². The molecule has 0 atom stereocenters. The fourth-order valence-electron chi connectivity index (χ4n) is 7.21. The van der Waals surface area contributed by atoms with Gasteiger partial charge in [0, 0.05) is 24.1 Å². The maximum atomic E-state index is 13.1. The molecule has 4 aliphatic rings. The molecule has 33 heavy (non-hydrogen) atoms. The standard InChI is InChI=1S/C27H37N3O2.ClH/c31-11-3-10-28-9-2-4-22-7-8-23-24(29-22)5-1-6-25(23)30-26(32)18-27-15-19-12-20(16-27)14-21(13-19)17-27;/h1,5-8,19-21,28,31H,2-4,9-18H2,(H,30,32);1H. The van der Waals surface area contributed by atoms with E-state index in [-0.39, 0.29) is 30.3 Å². The third-order valence-corrected chi connectivity index (χ3v) is 8.06. The van der Waals surface area contributed by atoms with Crippen LogP contribution in [0.5, 0.6) is 0 Å². The molecule has 1 aromatic carbocycles. The van der Waals surface area contributed by atoms with Gasteiger partial charge in [-0.15, -0.1) is 12.4 Å². The molecule has 6 rings (SSSR count). The summed E-state index contributed by atoms with van der Waals surface area (Å²) in [4.78, 5) is 17.9. The number of benzene rings is 1. The van der Waals surface area contributed by atoms with E-state index in [2.05, 4.69) is 22.8 Å². The Bertz CT molecular complexity index is 928. The number of carbonyl (C=O) groups is 1. The molecular weight excluding hydrogens is 434 g/mol. The number of aliphatic hydroxyl groups excluding tert-OH is 1. The second-order valence-corrected chi connectivity index (χ2v) is 10.7. The zero-order valence-corrected chi connectivity index (χ0v) is 20.3. The fraction of sp³-hybridized carbons (Fsp3) is 0.630. The molecule has 3 N–H and O–H groups in total. The SMILES string of the molecule is Cl.O=C(CC12CC3CC(CC(C3)C1)C2)Nc1cccc2nc(CCCNCCCO)ccc12. The number of aromatic nitrogens is 1. The quantitative estimate of drug-likeness (QED) is 0.421. The van der Waals surface area contributed by atoms with E-state index in [4.69, 9.17) is 10.1 Å². The van der Waals surface area contributed by atoms with Gasteiger partial charge in [0.05, 0.1) is 11.2 Å². The van der Waals surface area contributed by atoms with E-state index >= 15 is 0 Å². The number of aryl methyl sites for hydroxylation is 1. The minimum Gasteiger partial charge on any atom is -0.396 e. The second kappa shape index (κ2) is 10.7. The largest absolute Gasteiger partial charge is 0.396 e. The summed E-state index contributed by atoms with van der Waals surface area (Å²) in [5.41, 5.74) is 3.18. The van der Waals surface area contributed by atoms with Gasteiger partial charge in [0.15, 0.2) is 0 Å². The van der Waals surface area contributed by atoms with E-state index in [0.29, 0.717) is 6.42 Å². The molecule has 4 bridgehead atoms.